The van der Waals surface area contributed by atoms with Crippen LogP contribution in [0.3, 0.4) is 0 Å². The number of rotatable bonds is 3. The highest BCUT2D eigenvalue weighted by Crippen LogP contribution is 2.38. The molecule has 0 aromatic heterocycles. The Bertz CT molecular complexity index is 639. The minimum absolute atomic E-state index is 0.137. The van der Waals surface area contributed by atoms with Crippen molar-refractivity contribution >= 4 is 15.9 Å². The Morgan fingerprint density at radius 3 is 2.80 bits per heavy atom. The van der Waals surface area contributed by atoms with Crippen molar-refractivity contribution in [3.8, 4) is 5.75 Å². The van der Waals surface area contributed by atoms with E-state index in [4.69, 9.17) is 4.74 Å². The molecular formula is C17H18BrNO. The van der Waals surface area contributed by atoms with Gasteiger partial charge in [-0.1, -0.05) is 46.3 Å². The van der Waals surface area contributed by atoms with Crippen LogP contribution < -0.4 is 10.1 Å². The van der Waals surface area contributed by atoms with Crippen LogP contribution in [0.5, 0.6) is 5.75 Å². The number of halogens is 1. The van der Waals surface area contributed by atoms with E-state index >= 15 is 0 Å². The fourth-order valence-electron chi connectivity index (χ4n) is 2.81. The van der Waals surface area contributed by atoms with Crippen molar-refractivity contribution in [1.82, 2.24) is 5.32 Å². The Kier molecular flexibility index (Phi) is 3.81. The molecule has 1 atom stereocenters. The number of para-hydroxylation sites is 1. The van der Waals surface area contributed by atoms with E-state index < -0.39 is 0 Å². The first-order chi connectivity index (χ1) is 9.70. The Morgan fingerprint density at radius 1 is 1.20 bits per heavy atom. The van der Waals surface area contributed by atoms with E-state index in [1.165, 1.54) is 22.3 Å². The van der Waals surface area contributed by atoms with Crippen LogP contribution in [0.2, 0.25) is 0 Å². The van der Waals surface area contributed by atoms with Crippen LogP contribution in [-0.2, 0) is 6.42 Å². The molecule has 20 heavy (non-hydrogen) atoms. The van der Waals surface area contributed by atoms with Crippen molar-refractivity contribution < 1.29 is 4.74 Å². The summed E-state index contributed by atoms with van der Waals surface area (Å²) in [5.74, 6) is 1.05. The SMILES string of the molecule is CNC(c1ccc(C)cc1Br)c1cccc2c1OCC2. The normalized spacial score (nSPS) is 14.8. The lowest BCUT2D eigenvalue weighted by Crippen LogP contribution is -2.19. The number of nitrogens with one attached hydrogen (secondary N) is 1. The third-order valence-corrected chi connectivity index (χ3v) is 4.50. The van der Waals surface area contributed by atoms with Crippen molar-refractivity contribution in [1.29, 1.82) is 0 Å². The van der Waals surface area contributed by atoms with Crippen LogP contribution in [0, 0.1) is 6.92 Å². The van der Waals surface area contributed by atoms with Gasteiger partial charge in [0.2, 0.25) is 0 Å². The number of hydrogen-bond acceptors (Lipinski definition) is 2. The second-order valence-corrected chi connectivity index (χ2v) is 6.03. The monoisotopic (exact) mass is 331 g/mol. The summed E-state index contributed by atoms with van der Waals surface area (Å²) in [5.41, 5.74) is 5.02. The number of hydrogen-bond donors (Lipinski definition) is 1. The highest BCUT2D eigenvalue weighted by molar-refractivity contribution is 9.10. The molecule has 0 saturated heterocycles. The van der Waals surface area contributed by atoms with Gasteiger partial charge < -0.3 is 10.1 Å². The first-order valence-electron chi connectivity index (χ1n) is 6.88. The van der Waals surface area contributed by atoms with Gasteiger partial charge in [0.15, 0.2) is 0 Å². The lowest BCUT2D eigenvalue weighted by atomic mass is 9.95. The van der Waals surface area contributed by atoms with Gasteiger partial charge in [-0.05, 0) is 36.7 Å². The highest BCUT2D eigenvalue weighted by atomic mass is 79.9. The van der Waals surface area contributed by atoms with Gasteiger partial charge in [0.05, 0.1) is 12.6 Å². The molecule has 0 saturated carbocycles. The fourth-order valence-corrected chi connectivity index (χ4v) is 3.53. The number of benzene rings is 2. The summed E-state index contributed by atoms with van der Waals surface area (Å²) in [4.78, 5) is 0. The highest BCUT2D eigenvalue weighted by Gasteiger charge is 2.23. The van der Waals surface area contributed by atoms with Crippen molar-refractivity contribution in [3.05, 3.63) is 63.1 Å². The summed E-state index contributed by atoms with van der Waals surface area (Å²) in [7, 11) is 1.99. The van der Waals surface area contributed by atoms with Crippen molar-refractivity contribution in [2.75, 3.05) is 13.7 Å². The second-order valence-electron chi connectivity index (χ2n) is 5.18. The van der Waals surface area contributed by atoms with Crippen LogP contribution >= 0.6 is 15.9 Å². The Morgan fingerprint density at radius 2 is 2.05 bits per heavy atom. The fraction of sp³-hybridized carbons (Fsp3) is 0.294. The number of aryl methyl sites for hydroxylation is 1. The maximum Gasteiger partial charge on any atom is 0.127 e. The van der Waals surface area contributed by atoms with E-state index in [2.05, 4.69) is 64.6 Å². The van der Waals surface area contributed by atoms with Gasteiger partial charge in [-0.25, -0.2) is 0 Å². The molecule has 0 amide bonds. The lowest BCUT2D eigenvalue weighted by molar-refractivity contribution is 0.351. The van der Waals surface area contributed by atoms with Crippen LogP contribution in [0.1, 0.15) is 28.3 Å². The van der Waals surface area contributed by atoms with E-state index in [-0.39, 0.29) is 6.04 Å². The molecular weight excluding hydrogens is 314 g/mol. The first-order valence-corrected chi connectivity index (χ1v) is 7.68. The lowest BCUT2D eigenvalue weighted by Gasteiger charge is -2.21. The molecule has 2 nitrogen and oxygen atoms in total. The third-order valence-electron chi connectivity index (χ3n) is 3.81. The zero-order valence-electron chi connectivity index (χ0n) is 11.7. The van der Waals surface area contributed by atoms with Gasteiger partial charge in [0.1, 0.15) is 5.75 Å². The molecule has 0 radical (unpaired) electrons. The van der Waals surface area contributed by atoms with Gasteiger partial charge in [-0.15, -0.1) is 0 Å². The summed E-state index contributed by atoms with van der Waals surface area (Å²) in [6, 6.07) is 13.0. The van der Waals surface area contributed by atoms with Crippen LogP contribution in [-0.4, -0.2) is 13.7 Å². The van der Waals surface area contributed by atoms with E-state index in [1.54, 1.807) is 0 Å². The second kappa shape index (κ2) is 5.58. The van der Waals surface area contributed by atoms with E-state index in [1.807, 2.05) is 7.05 Å². The zero-order chi connectivity index (χ0) is 14.1. The van der Waals surface area contributed by atoms with Crippen molar-refractivity contribution in [3.63, 3.8) is 0 Å². The van der Waals surface area contributed by atoms with Crippen LogP contribution in [0.25, 0.3) is 0 Å². The minimum atomic E-state index is 0.137. The minimum Gasteiger partial charge on any atom is -0.493 e. The van der Waals surface area contributed by atoms with E-state index in [0.29, 0.717) is 0 Å². The van der Waals surface area contributed by atoms with Gasteiger partial charge >= 0.3 is 0 Å². The number of fused-ring (bicyclic) bond motifs is 1. The largest absolute Gasteiger partial charge is 0.493 e. The number of ether oxygens (including phenoxy) is 1. The van der Waals surface area contributed by atoms with Crippen LogP contribution in [0.15, 0.2) is 40.9 Å². The zero-order valence-corrected chi connectivity index (χ0v) is 13.3. The maximum atomic E-state index is 5.84. The van der Waals surface area contributed by atoms with Crippen LogP contribution in [0.4, 0.5) is 0 Å². The molecule has 0 aliphatic carbocycles. The summed E-state index contributed by atoms with van der Waals surface area (Å²) in [6.45, 7) is 2.89. The molecule has 2 aromatic carbocycles. The predicted molar refractivity (Wildman–Crippen MR) is 85.4 cm³/mol. The van der Waals surface area contributed by atoms with E-state index in [0.717, 1.165) is 23.2 Å². The summed E-state index contributed by atoms with van der Waals surface area (Å²) >= 11 is 3.69. The van der Waals surface area contributed by atoms with Gasteiger partial charge in [0, 0.05) is 16.5 Å². The van der Waals surface area contributed by atoms with Gasteiger partial charge in [0.25, 0.3) is 0 Å². The average Bonchev–Trinajstić information content (AvgIpc) is 2.91. The summed E-state index contributed by atoms with van der Waals surface area (Å²) in [6.07, 6.45) is 1.01. The molecule has 1 unspecified atom stereocenters. The molecule has 0 fully saturated rings. The molecule has 0 spiro atoms. The van der Waals surface area contributed by atoms with Crippen molar-refractivity contribution in [2.45, 2.75) is 19.4 Å². The molecule has 1 heterocycles. The van der Waals surface area contributed by atoms with E-state index in [9.17, 15) is 0 Å². The Balaban J connectivity index is 2.09. The average molecular weight is 332 g/mol. The van der Waals surface area contributed by atoms with Crippen molar-refractivity contribution in [2.24, 2.45) is 0 Å². The summed E-state index contributed by atoms with van der Waals surface area (Å²) < 4.78 is 6.97. The molecule has 1 N–H and O–H groups in total. The first kappa shape index (κ1) is 13.7. The smallest absolute Gasteiger partial charge is 0.127 e. The quantitative estimate of drug-likeness (QED) is 0.917. The topological polar surface area (TPSA) is 21.3 Å². The maximum absolute atomic E-state index is 5.84. The molecule has 0 bridgehead atoms. The Labute approximate surface area is 128 Å². The molecule has 3 heteroatoms. The molecule has 2 aromatic rings. The molecule has 1 aliphatic heterocycles. The predicted octanol–water partition coefficient (Wildman–Crippen LogP) is 4.00. The van der Waals surface area contributed by atoms with Gasteiger partial charge in [-0.2, -0.15) is 0 Å². The molecule has 3 rings (SSSR count). The third kappa shape index (κ3) is 2.36. The van der Waals surface area contributed by atoms with Gasteiger partial charge in [-0.3, -0.25) is 0 Å². The molecule has 1 aliphatic rings. The standard InChI is InChI=1S/C17H18BrNO/c1-11-6-7-13(15(18)10-11)16(19-2)14-5-3-4-12-8-9-20-17(12)14/h3-7,10,16,19H,8-9H2,1-2H3. The summed E-state index contributed by atoms with van der Waals surface area (Å²) in [5, 5.41) is 3.41. The Hall–Kier alpha value is -1.32. The molecule has 104 valence electrons.